The highest BCUT2D eigenvalue weighted by molar-refractivity contribution is 5.26. The molecule has 0 aromatic heterocycles. The quantitative estimate of drug-likeness (QED) is 0.691. The lowest BCUT2D eigenvalue weighted by Gasteiger charge is -2.03. The minimum absolute atomic E-state index is 0.437. The zero-order valence-corrected chi connectivity index (χ0v) is 7.12. The van der Waals surface area contributed by atoms with Crippen LogP contribution in [0.5, 0.6) is 5.75 Å². The minimum atomic E-state index is 0.437. The molecule has 0 heterocycles. The van der Waals surface area contributed by atoms with Crippen molar-refractivity contribution in [2.75, 3.05) is 6.61 Å². The van der Waals surface area contributed by atoms with E-state index in [2.05, 4.69) is 4.84 Å². The second kappa shape index (κ2) is 4.74. The number of hydrogen-bond acceptors (Lipinski definition) is 3. The Morgan fingerprint density at radius 1 is 1.25 bits per heavy atom. The summed E-state index contributed by atoms with van der Waals surface area (Å²) in [6, 6.07) is 7.66. The third kappa shape index (κ3) is 2.53. The summed E-state index contributed by atoms with van der Waals surface area (Å²) < 4.78 is 5.27. The van der Waals surface area contributed by atoms with Gasteiger partial charge < -0.3 is 4.74 Å². The Kier molecular flexibility index (Phi) is 3.57. The lowest BCUT2D eigenvalue weighted by atomic mass is 10.2. The number of nitrogens with two attached hydrogens (primary N) is 1. The van der Waals surface area contributed by atoms with Crippen LogP contribution in [0.4, 0.5) is 0 Å². The molecule has 0 aliphatic carbocycles. The van der Waals surface area contributed by atoms with E-state index in [-0.39, 0.29) is 0 Å². The molecule has 3 heteroatoms. The Morgan fingerprint density at radius 2 is 1.92 bits per heavy atom. The molecule has 0 bridgehead atoms. The molecule has 0 spiro atoms. The van der Waals surface area contributed by atoms with Crippen LogP contribution in [0.2, 0.25) is 0 Å². The number of benzene rings is 1. The van der Waals surface area contributed by atoms with Gasteiger partial charge in [0, 0.05) is 0 Å². The minimum Gasteiger partial charge on any atom is -0.494 e. The van der Waals surface area contributed by atoms with Crippen LogP contribution in [0, 0.1) is 0 Å². The molecule has 1 aromatic carbocycles. The van der Waals surface area contributed by atoms with E-state index in [0.717, 1.165) is 11.3 Å². The zero-order chi connectivity index (χ0) is 8.81. The Labute approximate surface area is 72.0 Å². The van der Waals surface area contributed by atoms with E-state index < -0.39 is 0 Å². The van der Waals surface area contributed by atoms with Gasteiger partial charge in [-0.15, -0.1) is 0 Å². The maximum absolute atomic E-state index is 5.27. The smallest absolute Gasteiger partial charge is 0.119 e. The highest BCUT2D eigenvalue weighted by Gasteiger charge is 1.93. The molecule has 66 valence electrons. The SMILES string of the molecule is CCOc1ccc(CON)cc1. The maximum atomic E-state index is 5.27. The van der Waals surface area contributed by atoms with E-state index in [1.807, 2.05) is 31.2 Å². The molecule has 12 heavy (non-hydrogen) atoms. The summed E-state index contributed by atoms with van der Waals surface area (Å²) in [4.78, 5) is 4.49. The van der Waals surface area contributed by atoms with Gasteiger partial charge in [-0.05, 0) is 24.6 Å². The van der Waals surface area contributed by atoms with Crippen molar-refractivity contribution in [3.05, 3.63) is 29.8 Å². The standard InChI is InChI=1S/C9H13NO2/c1-2-11-9-5-3-8(4-6-9)7-12-10/h3-6H,2,7,10H2,1H3. The molecule has 0 saturated heterocycles. The van der Waals surface area contributed by atoms with Gasteiger partial charge in [0.05, 0.1) is 13.2 Å². The van der Waals surface area contributed by atoms with Crippen molar-refractivity contribution in [1.29, 1.82) is 0 Å². The molecule has 1 rings (SSSR count). The molecular formula is C9H13NO2. The highest BCUT2D eigenvalue weighted by Crippen LogP contribution is 2.11. The van der Waals surface area contributed by atoms with Crippen LogP contribution in [0.25, 0.3) is 0 Å². The van der Waals surface area contributed by atoms with Crippen LogP contribution in [-0.4, -0.2) is 6.61 Å². The summed E-state index contributed by atoms with van der Waals surface area (Å²) >= 11 is 0. The topological polar surface area (TPSA) is 44.5 Å². The lowest BCUT2D eigenvalue weighted by Crippen LogP contribution is -1.98. The number of ether oxygens (including phenoxy) is 1. The van der Waals surface area contributed by atoms with E-state index in [0.29, 0.717) is 13.2 Å². The first-order valence-corrected chi connectivity index (χ1v) is 3.90. The molecule has 0 aliphatic rings. The van der Waals surface area contributed by atoms with Crippen molar-refractivity contribution in [3.63, 3.8) is 0 Å². The second-order valence-electron chi connectivity index (χ2n) is 2.39. The normalized spacial score (nSPS) is 9.83. The summed E-state index contributed by atoms with van der Waals surface area (Å²) in [6.07, 6.45) is 0. The van der Waals surface area contributed by atoms with Crippen LogP contribution in [0.1, 0.15) is 12.5 Å². The molecule has 0 fully saturated rings. The summed E-state index contributed by atoms with van der Waals surface area (Å²) in [7, 11) is 0. The molecule has 0 saturated carbocycles. The first-order chi connectivity index (χ1) is 5.86. The van der Waals surface area contributed by atoms with Crippen molar-refractivity contribution >= 4 is 0 Å². The molecule has 0 aliphatic heterocycles. The van der Waals surface area contributed by atoms with Gasteiger partial charge in [0.25, 0.3) is 0 Å². The van der Waals surface area contributed by atoms with E-state index >= 15 is 0 Å². The third-order valence-corrected chi connectivity index (χ3v) is 1.48. The van der Waals surface area contributed by atoms with Gasteiger partial charge in [0.1, 0.15) is 5.75 Å². The van der Waals surface area contributed by atoms with Crippen LogP contribution in [0.15, 0.2) is 24.3 Å². The average Bonchev–Trinajstić information content (AvgIpc) is 2.09. The number of hydrogen-bond donors (Lipinski definition) is 1. The largest absolute Gasteiger partial charge is 0.494 e. The van der Waals surface area contributed by atoms with Crippen LogP contribution in [0.3, 0.4) is 0 Å². The molecule has 3 nitrogen and oxygen atoms in total. The predicted octanol–water partition coefficient (Wildman–Crippen LogP) is 1.48. The van der Waals surface area contributed by atoms with E-state index in [4.69, 9.17) is 10.6 Å². The summed E-state index contributed by atoms with van der Waals surface area (Å²) in [6.45, 7) is 3.08. The third-order valence-electron chi connectivity index (χ3n) is 1.48. The fourth-order valence-corrected chi connectivity index (χ4v) is 0.945. The van der Waals surface area contributed by atoms with Crippen LogP contribution in [-0.2, 0) is 11.4 Å². The lowest BCUT2D eigenvalue weighted by molar-refractivity contribution is 0.124. The van der Waals surface area contributed by atoms with Crippen molar-refractivity contribution in [3.8, 4) is 5.75 Å². The maximum Gasteiger partial charge on any atom is 0.119 e. The first-order valence-electron chi connectivity index (χ1n) is 3.90. The number of rotatable bonds is 4. The van der Waals surface area contributed by atoms with Crippen molar-refractivity contribution in [1.82, 2.24) is 0 Å². The van der Waals surface area contributed by atoms with Gasteiger partial charge in [0.2, 0.25) is 0 Å². The molecule has 1 aromatic rings. The Hall–Kier alpha value is -1.06. The Morgan fingerprint density at radius 3 is 2.42 bits per heavy atom. The molecule has 0 unspecified atom stereocenters. The molecule has 0 atom stereocenters. The van der Waals surface area contributed by atoms with Gasteiger partial charge in [-0.2, -0.15) is 0 Å². The van der Waals surface area contributed by atoms with Gasteiger partial charge >= 0.3 is 0 Å². The van der Waals surface area contributed by atoms with E-state index in [1.54, 1.807) is 0 Å². The Balaban J connectivity index is 2.58. The summed E-state index contributed by atoms with van der Waals surface area (Å²) in [5.74, 6) is 5.80. The highest BCUT2D eigenvalue weighted by atomic mass is 16.6. The first kappa shape index (κ1) is 9.03. The van der Waals surface area contributed by atoms with Gasteiger partial charge in [-0.1, -0.05) is 12.1 Å². The molecule has 2 N–H and O–H groups in total. The predicted molar refractivity (Wildman–Crippen MR) is 46.6 cm³/mol. The van der Waals surface area contributed by atoms with Crippen LogP contribution < -0.4 is 10.6 Å². The average molecular weight is 167 g/mol. The van der Waals surface area contributed by atoms with Gasteiger partial charge in [-0.25, -0.2) is 5.90 Å². The Bertz CT molecular complexity index is 195. The summed E-state index contributed by atoms with van der Waals surface area (Å²) in [5, 5.41) is 0. The molecule has 0 radical (unpaired) electrons. The molecule has 0 amide bonds. The van der Waals surface area contributed by atoms with Crippen molar-refractivity contribution < 1.29 is 9.57 Å². The summed E-state index contributed by atoms with van der Waals surface area (Å²) in [5.41, 5.74) is 1.04. The second-order valence-corrected chi connectivity index (χ2v) is 2.39. The van der Waals surface area contributed by atoms with Gasteiger partial charge in [-0.3, -0.25) is 4.84 Å². The fourth-order valence-electron chi connectivity index (χ4n) is 0.945. The van der Waals surface area contributed by atoms with E-state index in [9.17, 15) is 0 Å². The van der Waals surface area contributed by atoms with E-state index in [1.165, 1.54) is 0 Å². The van der Waals surface area contributed by atoms with Crippen LogP contribution >= 0.6 is 0 Å². The monoisotopic (exact) mass is 167 g/mol. The van der Waals surface area contributed by atoms with Crippen molar-refractivity contribution in [2.24, 2.45) is 5.90 Å². The fraction of sp³-hybridized carbons (Fsp3) is 0.333. The zero-order valence-electron chi connectivity index (χ0n) is 7.12. The van der Waals surface area contributed by atoms with Gasteiger partial charge in [0.15, 0.2) is 0 Å². The van der Waals surface area contributed by atoms with Crippen molar-refractivity contribution in [2.45, 2.75) is 13.5 Å². The molecular weight excluding hydrogens is 154 g/mol.